The molecule has 0 atom stereocenters. The standard InChI is InChI=1S/C17H22S/c1-12(2)13-7-6-8-14(11-13)15-9-10-16(18-15)17(3,4)5/h6-12H,1-5H3. The van der Waals surface area contributed by atoms with Crippen LogP contribution in [0.3, 0.4) is 0 Å². The molecule has 1 heterocycles. The molecule has 2 rings (SSSR count). The third kappa shape index (κ3) is 2.84. The van der Waals surface area contributed by atoms with Crippen molar-refractivity contribution in [1.82, 2.24) is 0 Å². The van der Waals surface area contributed by atoms with Crippen LogP contribution < -0.4 is 0 Å². The van der Waals surface area contributed by atoms with Crippen molar-refractivity contribution in [3.05, 3.63) is 46.8 Å². The van der Waals surface area contributed by atoms with Crippen molar-refractivity contribution in [1.29, 1.82) is 0 Å². The first-order valence-corrected chi connectivity index (χ1v) is 7.40. The van der Waals surface area contributed by atoms with Crippen molar-refractivity contribution < 1.29 is 0 Å². The number of hydrogen-bond donors (Lipinski definition) is 0. The Morgan fingerprint density at radius 3 is 2.28 bits per heavy atom. The average molecular weight is 258 g/mol. The highest BCUT2D eigenvalue weighted by Crippen LogP contribution is 2.35. The molecule has 0 aliphatic rings. The molecular formula is C17H22S. The lowest BCUT2D eigenvalue weighted by Crippen LogP contribution is -2.07. The Labute approximate surface area is 115 Å². The molecule has 96 valence electrons. The highest BCUT2D eigenvalue weighted by atomic mass is 32.1. The van der Waals surface area contributed by atoms with E-state index in [4.69, 9.17) is 0 Å². The summed E-state index contributed by atoms with van der Waals surface area (Å²) in [7, 11) is 0. The molecule has 0 saturated carbocycles. The summed E-state index contributed by atoms with van der Waals surface area (Å²) >= 11 is 1.91. The zero-order valence-corrected chi connectivity index (χ0v) is 12.8. The van der Waals surface area contributed by atoms with Crippen LogP contribution in [-0.4, -0.2) is 0 Å². The van der Waals surface area contributed by atoms with E-state index in [0.29, 0.717) is 5.92 Å². The van der Waals surface area contributed by atoms with E-state index >= 15 is 0 Å². The molecule has 0 fully saturated rings. The molecule has 0 bridgehead atoms. The smallest absolute Gasteiger partial charge is 0.0345 e. The second-order valence-corrected chi connectivity index (χ2v) is 7.28. The lowest BCUT2D eigenvalue weighted by atomic mass is 9.95. The molecule has 1 heteroatoms. The molecule has 2 aromatic rings. The Morgan fingerprint density at radius 2 is 1.72 bits per heavy atom. The molecule has 0 aliphatic heterocycles. The van der Waals surface area contributed by atoms with E-state index in [1.54, 1.807) is 0 Å². The van der Waals surface area contributed by atoms with Crippen molar-refractivity contribution in [2.75, 3.05) is 0 Å². The Balaban J connectivity index is 2.37. The maximum absolute atomic E-state index is 2.32. The van der Waals surface area contributed by atoms with Crippen LogP contribution >= 0.6 is 11.3 Å². The first-order valence-electron chi connectivity index (χ1n) is 6.58. The van der Waals surface area contributed by atoms with Crippen LogP contribution in [-0.2, 0) is 5.41 Å². The summed E-state index contributed by atoms with van der Waals surface area (Å²) in [6.07, 6.45) is 0. The van der Waals surface area contributed by atoms with Crippen molar-refractivity contribution in [2.24, 2.45) is 0 Å². The summed E-state index contributed by atoms with van der Waals surface area (Å²) in [6.45, 7) is 11.3. The van der Waals surface area contributed by atoms with E-state index in [-0.39, 0.29) is 5.41 Å². The summed E-state index contributed by atoms with van der Waals surface area (Å²) in [5.74, 6) is 0.590. The molecular weight excluding hydrogens is 236 g/mol. The highest BCUT2D eigenvalue weighted by molar-refractivity contribution is 7.15. The average Bonchev–Trinajstić information content (AvgIpc) is 2.78. The summed E-state index contributed by atoms with van der Waals surface area (Å²) in [6, 6.07) is 13.4. The molecule has 0 unspecified atom stereocenters. The van der Waals surface area contributed by atoms with E-state index in [9.17, 15) is 0 Å². The van der Waals surface area contributed by atoms with Crippen molar-refractivity contribution in [2.45, 2.75) is 46.0 Å². The van der Waals surface area contributed by atoms with Crippen LogP contribution in [0.1, 0.15) is 51.0 Å². The number of rotatable bonds is 2. The Morgan fingerprint density at radius 1 is 1.00 bits per heavy atom. The van der Waals surface area contributed by atoms with E-state index in [0.717, 1.165) is 0 Å². The number of hydrogen-bond acceptors (Lipinski definition) is 1. The van der Waals surface area contributed by atoms with Crippen LogP contribution in [0.5, 0.6) is 0 Å². The topological polar surface area (TPSA) is 0 Å². The monoisotopic (exact) mass is 258 g/mol. The van der Waals surface area contributed by atoms with Crippen molar-refractivity contribution in [3.8, 4) is 10.4 Å². The molecule has 0 radical (unpaired) electrons. The Hall–Kier alpha value is -1.08. The van der Waals surface area contributed by atoms with Crippen molar-refractivity contribution in [3.63, 3.8) is 0 Å². The molecule has 0 aliphatic carbocycles. The Bertz CT molecular complexity index is 527. The SMILES string of the molecule is CC(C)c1cccc(-c2ccc(C(C)(C)C)s2)c1. The second-order valence-electron chi connectivity index (χ2n) is 6.19. The predicted octanol–water partition coefficient (Wildman–Crippen LogP) is 5.84. The Kier molecular flexibility index (Phi) is 3.63. The van der Waals surface area contributed by atoms with Gasteiger partial charge in [-0.3, -0.25) is 0 Å². The van der Waals surface area contributed by atoms with Crippen LogP contribution in [0, 0.1) is 0 Å². The van der Waals surface area contributed by atoms with Crippen molar-refractivity contribution >= 4 is 11.3 Å². The summed E-state index contributed by atoms with van der Waals surface area (Å²) in [5.41, 5.74) is 3.01. The van der Waals surface area contributed by atoms with Gasteiger partial charge in [0.2, 0.25) is 0 Å². The normalized spacial score (nSPS) is 12.1. The lowest BCUT2D eigenvalue weighted by Gasteiger charge is -2.15. The molecule has 18 heavy (non-hydrogen) atoms. The van der Waals surface area contributed by atoms with Gasteiger partial charge in [-0.1, -0.05) is 58.9 Å². The van der Waals surface area contributed by atoms with E-state index in [1.165, 1.54) is 20.9 Å². The van der Waals surface area contributed by atoms with E-state index < -0.39 is 0 Å². The maximum atomic E-state index is 2.32. The van der Waals surface area contributed by atoms with E-state index in [2.05, 4.69) is 71.0 Å². The minimum atomic E-state index is 0.249. The van der Waals surface area contributed by atoms with Gasteiger partial charge in [0.25, 0.3) is 0 Å². The fraction of sp³-hybridized carbons (Fsp3) is 0.412. The second kappa shape index (κ2) is 4.89. The lowest BCUT2D eigenvalue weighted by molar-refractivity contribution is 0.604. The van der Waals surface area contributed by atoms with Gasteiger partial charge in [0.15, 0.2) is 0 Å². The maximum Gasteiger partial charge on any atom is 0.0345 e. The molecule has 1 aromatic carbocycles. The minimum absolute atomic E-state index is 0.249. The van der Waals surface area contributed by atoms with Gasteiger partial charge < -0.3 is 0 Å². The molecule has 0 saturated heterocycles. The zero-order valence-electron chi connectivity index (χ0n) is 11.9. The van der Waals surface area contributed by atoms with Crippen LogP contribution in [0.15, 0.2) is 36.4 Å². The molecule has 1 aromatic heterocycles. The highest BCUT2D eigenvalue weighted by Gasteiger charge is 2.16. The van der Waals surface area contributed by atoms with Gasteiger partial charge >= 0.3 is 0 Å². The van der Waals surface area contributed by atoms with Gasteiger partial charge in [0, 0.05) is 9.75 Å². The molecule has 0 spiro atoms. The molecule has 0 N–H and O–H groups in total. The van der Waals surface area contributed by atoms with Crippen LogP contribution in [0.25, 0.3) is 10.4 Å². The van der Waals surface area contributed by atoms with Crippen LogP contribution in [0.4, 0.5) is 0 Å². The zero-order chi connectivity index (χ0) is 13.3. The van der Waals surface area contributed by atoms with Gasteiger partial charge in [-0.2, -0.15) is 0 Å². The van der Waals surface area contributed by atoms with Gasteiger partial charge in [-0.25, -0.2) is 0 Å². The third-order valence-electron chi connectivity index (χ3n) is 3.18. The molecule has 0 amide bonds. The number of benzene rings is 1. The van der Waals surface area contributed by atoms with Crippen LogP contribution in [0.2, 0.25) is 0 Å². The summed E-state index contributed by atoms with van der Waals surface area (Å²) < 4.78 is 0. The van der Waals surface area contributed by atoms with Gasteiger partial charge in [-0.05, 0) is 34.6 Å². The fourth-order valence-corrected chi connectivity index (χ4v) is 3.01. The van der Waals surface area contributed by atoms with Gasteiger partial charge in [0.05, 0.1) is 0 Å². The van der Waals surface area contributed by atoms with E-state index in [1.807, 2.05) is 11.3 Å². The third-order valence-corrected chi connectivity index (χ3v) is 4.74. The fourth-order valence-electron chi connectivity index (χ4n) is 1.95. The molecule has 0 nitrogen and oxygen atoms in total. The summed E-state index contributed by atoms with van der Waals surface area (Å²) in [4.78, 5) is 2.83. The summed E-state index contributed by atoms with van der Waals surface area (Å²) in [5, 5.41) is 0. The quantitative estimate of drug-likeness (QED) is 0.635. The first kappa shape index (κ1) is 13.4. The number of thiophene rings is 1. The van der Waals surface area contributed by atoms with Gasteiger partial charge in [0.1, 0.15) is 0 Å². The predicted molar refractivity (Wildman–Crippen MR) is 82.5 cm³/mol. The van der Waals surface area contributed by atoms with Gasteiger partial charge in [-0.15, -0.1) is 11.3 Å². The minimum Gasteiger partial charge on any atom is -0.140 e. The first-order chi connectivity index (χ1) is 8.38. The largest absolute Gasteiger partial charge is 0.140 e.